The zero-order chi connectivity index (χ0) is 15.0. The summed E-state index contributed by atoms with van der Waals surface area (Å²) in [6, 6.07) is 10.0. The Morgan fingerprint density at radius 1 is 1.05 bits per heavy atom. The highest BCUT2D eigenvalue weighted by Crippen LogP contribution is 2.37. The van der Waals surface area contributed by atoms with Gasteiger partial charge in [-0.05, 0) is 43.7 Å². The van der Waals surface area contributed by atoms with Crippen molar-refractivity contribution in [1.29, 1.82) is 0 Å². The lowest BCUT2D eigenvalue weighted by atomic mass is 10.1. The third-order valence-electron chi connectivity index (χ3n) is 3.59. The highest BCUT2D eigenvalue weighted by Gasteiger charge is 2.14. The van der Waals surface area contributed by atoms with E-state index in [1.165, 1.54) is 5.56 Å². The molecule has 2 heterocycles. The minimum atomic E-state index is 0.706. The first-order valence-electron chi connectivity index (χ1n) is 6.81. The van der Waals surface area contributed by atoms with Gasteiger partial charge in [-0.2, -0.15) is 0 Å². The summed E-state index contributed by atoms with van der Waals surface area (Å²) in [6.45, 7) is 4.15. The standard InChI is InChI=1S/C17H18N2O2/c1-11-8-12(2)19-10-14(18-16(19)9-11)13-6-5-7-15(20-3)17(13)21-4/h5-10H,1-4H3. The first kappa shape index (κ1) is 13.5. The van der Waals surface area contributed by atoms with E-state index >= 15 is 0 Å². The number of imidazole rings is 1. The lowest BCUT2D eigenvalue weighted by molar-refractivity contribution is 0.356. The van der Waals surface area contributed by atoms with Gasteiger partial charge in [0.25, 0.3) is 0 Å². The molecule has 0 aliphatic rings. The molecule has 21 heavy (non-hydrogen) atoms. The predicted octanol–water partition coefficient (Wildman–Crippen LogP) is 3.64. The minimum absolute atomic E-state index is 0.706. The zero-order valence-corrected chi connectivity index (χ0v) is 12.7. The summed E-state index contributed by atoms with van der Waals surface area (Å²) >= 11 is 0. The largest absolute Gasteiger partial charge is 0.493 e. The minimum Gasteiger partial charge on any atom is -0.493 e. The van der Waals surface area contributed by atoms with Gasteiger partial charge in [0.2, 0.25) is 0 Å². The van der Waals surface area contributed by atoms with Gasteiger partial charge < -0.3 is 13.9 Å². The first-order chi connectivity index (χ1) is 10.1. The average molecular weight is 282 g/mol. The van der Waals surface area contributed by atoms with Crippen molar-refractivity contribution in [2.75, 3.05) is 14.2 Å². The van der Waals surface area contributed by atoms with Gasteiger partial charge in [0.05, 0.1) is 19.9 Å². The van der Waals surface area contributed by atoms with Crippen LogP contribution < -0.4 is 9.47 Å². The second-order valence-corrected chi connectivity index (χ2v) is 5.07. The van der Waals surface area contributed by atoms with Crippen molar-refractivity contribution in [3.05, 3.63) is 47.8 Å². The van der Waals surface area contributed by atoms with Crippen LogP contribution in [0.5, 0.6) is 11.5 Å². The maximum Gasteiger partial charge on any atom is 0.170 e. The molecule has 0 atom stereocenters. The van der Waals surface area contributed by atoms with Crippen molar-refractivity contribution in [2.45, 2.75) is 13.8 Å². The lowest BCUT2D eigenvalue weighted by Gasteiger charge is -2.10. The van der Waals surface area contributed by atoms with Gasteiger partial charge in [-0.25, -0.2) is 4.98 Å². The number of hydrogen-bond acceptors (Lipinski definition) is 3. The van der Waals surface area contributed by atoms with Crippen molar-refractivity contribution < 1.29 is 9.47 Å². The molecule has 0 N–H and O–H groups in total. The smallest absolute Gasteiger partial charge is 0.170 e. The molecule has 3 aromatic rings. The van der Waals surface area contributed by atoms with Crippen LogP contribution in [0.15, 0.2) is 36.5 Å². The summed E-state index contributed by atoms with van der Waals surface area (Å²) < 4.78 is 12.9. The Kier molecular flexibility index (Phi) is 3.29. The molecule has 0 saturated carbocycles. The second-order valence-electron chi connectivity index (χ2n) is 5.07. The fourth-order valence-electron chi connectivity index (χ4n) is 2.64. The predicted molar refractivity (Wildman–Crippen MR) is 83.2 cm³/mol. The molecule has 4 nitrogen and oxygen atoms in total. The average Bonchev–Trinajstić information content (AvgIpc) is 2.90. The normalized spacial score (nSPS) is 10.9. The summed E-state index contributed by atoms with van der Waals surface area (Å²) in [5.41, 5.74) is 5.10. The monoisotopic (exact) mass is 282 g/mol. The van der Waals surface area contributed by atoms with Gasteiger partial charge >= 0.3 is 0 Å². The molecule has 0 spiro atoms. The highest BCUT2D eigenvalue weighted by atomic mass is 16.5. The van der Waals surface area contributed by atoms with E-state index in [0.29, 0.717) is 11.5 Å². The van der Waals surface area contributed by atoms with E-state index in [2.05, 4.69) is 30.4 Å². The van der Waals surface area contributed by atoms with Gasteiger partial charge in [-0.15, -0.1) is 0 Å². The number of methoxy groups -OCH3 is 2. The molecule has 0 radical (unpaired) electrons. The van der Waals surface area contributed by atoms with Crippen molar-refractivity contribution in [3.63, 3.8) is 0 Å². The van der Waals surface area contributed by atoms with Crippen molar-refractivity contribution >= 4 is 5.65 Å². The summed E-state index contributed by atoms with van der Waals surface area (Å²) in [6.07, 6.45) is 2.03. The topological polar surface area (TPSA) is 35.8 Å². The van der Waals surface area contributed by atoms with Crippen LogP contribution in [0.3, 0.4) is 0 Å². The third-order valence-corrected chi connectivity index (χ3v) is 3.59. The van der Waals surface area contributed by atoms with Crippen molar-refractivity contribution in [1.82, 2.24) is 9.38 Å². The summed E-state index contributed by atoms with van der Waals surface area (Å²) in [5.74, 6) is 1.41. The molecule has 0 fully saturated rings. The van der Waals surface area contributed by atoms with E-state index in [-0.39, 0.29) is 0 Å². The quantitative estimate of drug-likeness (QED) is 0.736. The lowest BCUT2D eigenvalue weighted by Crippen LogP contribution is -1.93. The van der Waals surface area contributed by atoms with Crippen LogP contribution >= 0.6 is 0 Å². The van der Waals surface area contributed by atoms with Crippen LogP contribution in [-0.4, -0.2) is 23.6 Å². The van der Waals surface area contributed by atoms with E-state index in [1.54, 1.807) is 14.2 Å². The molecule has 0 amide bonds. The Morgan fingerprint density at radius 2 is 1.86 bits per heavy atom. The van der Waals surface area contributed by atoms with Gasteiger partial charge in [0, 0.05) is 17.5 Å². The third kappa shape index (κ3) is 2.23. The van der Waals surface area contributed by atoms with Crippen LogP contribution in [0.1, 0.15) is 11.3 Å². The van der Waals surface area contributed by atoms with Crippen LogP contribution in [0.4, 0.5) is 0 Å². The van der Waals surface area contributed by atoms with Crippen LogP contribution in [-0.2, 0) is 0 Å². The molecule has 1 aromatic carbocycles. The van der Waals surface area contributed by atoms with Crippen molar-refractivity contribution in [3.8, 4) is 22.8 Å². The summed E-state index contributed by atoms with van der Waals surface area (Å²) in [5, 5.41) is 0. The summed E-state index contributed by atoms with van der Waals surface area (Å²) in [4.78, 5) is 4.72. The fourth-order valence-corrected chi connectivity index (χ4v) is 2.64. The Labute approximate surface area is 124 Å². The molecule has 0 saturated heterocycles. The molecule has 0 aliphatic heterocycles. The molecule has 0 aliphatic carbocycles. The van der Waals surface area contributed by atoms with Crippen LogP contribution in [0, 0.1) is 13.8 Å². The Morgan fingerprint density at radius 3 is 2.57 bits per heavy atom. The number of hydrogen-bond donors (Lipinski definition) is 0. The Balaban J connectivity index is 2.23. The number of aryl methyl sites for hydroxylation is 2. The number of aromatic nitrogens is 2. The molecule has 2 aromatic heterocycles. The maximum absolute atomic E-state index is 5.50. The zero-order valence-electron chi connectivity index (χ0n) is 12.7. The summed E-state index contributed by atoms with van der Waals surface area (Å²) in [7, 11) is 3.28. The number of rotatable bonds is 3. The van der Waals surface area contributed by atoms with Gasteiger partial charge in [0.1, 0.15) is 5.65 Å². The molecule has 3 rings (SSSR count). The fraction of sp³-hybridized carbons (Fsp3) is 0.235. The van der Waals surface area contributed by atoms with Crippen LogP contribution in [0.25, 0.3) is 16.9 Å². The Bertz CT molecular complexity index is 806. The van der Waals surface area contributed by atoms with Gasteiger partial charge in [0.15, 0.2) is 11.5 Å². The molecular formula is C17H18N2O2. The number of fused-ring (bicyclic) bond motifs is 1. The second kappa shape index (κ2) is 5.13. The highest BCUT2D eigenvalue weighted by molar-refractivity contribution is 5.73. The number of ether oxygens (including phenoxy) is 2. The maximum atomic E-state index is 5.50. The van der Waals surface area contributed by atoms with E-state index < -0.39 is 0 Å². The van der Waals surface area contributed by atoms with E-state index in [9.17, 15) is 0 Å². The molecule has 0 bridgehead atoms. The van der Waals surface area contributed by atoms with E-state index in [1.807, 2.05) is 24.4 Å². The van der Waals surface area contributed by atoms with E-state index in [0.717, 1.165) is 22.6 Å². The van der Waals surface area contributed by atoms with Crippen LogP contribution in [0.2, 0.25) is 0 Å². The SMILES string of the molecule is COc1cccc(-c2cn3c(C)cc(C)cc3n2)c1OC. The number of nitrogens with zero attached hydrogens (tertiary/aromatic N) is 2. The first-order valence-corrected chi connectivity index (χ1v) is 6.81. The van der Waals surface area contributed by atoms with Gasteiger partial charge in [-0.1, -0.05) is 6.07 Å². The van der Waals surface area contributed by atoms with Crippen molar-refractivity contribution in [2.24, 2.45) is 0 Å². The molecule has 4 heteroatoms. The molecule has 108 valence electrons. The molecular weight excluding hydrogens is 264 g/mol. The number of pyridine rings is 1. The van der Waals surface area contributed by atoms with Gasteiger partial charge in [-0.3, -0.25) is 0 Å². The number of benzene rings is 1. The van der Waals surface area contributed by atoms with E-state index in [4.69, 9.17) is 14.5 Å². The number of para-hydroxylation sites is 1. The Hall–Kier alpha value is -2.49. The molecule has 0 unspecified atom stereocenters.